The summed E-state index contributed by atoms with van der Waals surface area (Å²) in [4.78, 5) is 11.0. The summed E-state index contributed by atoms with van der Waals surface area (Å²) in [5.41, 5.74) is 0.583. The van der Waals surface area contributed by atoms with Gasteiger partial charge in [0.15, 0.2) is 0 Å². The second-order valence-corrected chi connectivity index (χ2v) is 7.22. The molecule has 19 heavy (non-hydrogen) atoms. The third-order valence-corrected chi connectivity index (χ3v) is 5.26. The fourth-order valence-corrected chi connectivity index (χ4v) is 4.01. The van der Waals surface area contributed by atoms with Crippen LogP contribution < -0.4 is 0 Å². The van der Waals surface area contributed by atoms with E-state index in [4.69, 9.17) is 5.11 Å². The zero-order chi connectivity index (χ0) is 14.8. The summed E-state index contributed by atoms with van der Waals surface area (Å²) in [6, 6.07) is 4.48. The molecule has 1 aromatic rings. The summed E-state index contributed by atoms with van der Waals surface area (Å²) in [7, 11) is -3.83. The zero-order valence-corrected chi connectivity index (χ0v) is 13.3. The van der Waals surface area contributed by atoms with Crippen LogP contribution in [0.15, 0.2) is 27.6 Å². The molecule has 1 rings (SSSR count). The number of carboxylic acids is 1. The number of aryl methyl sites for hydroxylation is 1. The number of sulfonamides is 1. The molecule has 0 saturated heterocycles. The number of rotatable bonds is 5. The molecular weight excluding hydrogens is 334 g/mol. The largest absolute Gasteiger partial charge is 0.480 e. The molecule has 0 fully saturated rings. The molecule has 0 aromatic heterocycles. The van der Waals surface area contributed by atoms with Gasteiger partial charge in [-0.25, -0.2) is 8.42 Å². The summed E-state index contributed by atoms with van der Waals surface area (Å²) in [6.07, 6.45) is 0. The van der Waals surface area contributed by atoms with Crippen molar-refractivity contribution in [3.8, 4) is 0 Å². The molecule has 0 atom stereocenters. The normalized spacial score (nSPS) is 12.1. The van der Waals surface area contributed by atoms with Gasteiger partial charge < -0.3 is 5.11 Å². The molecule has 0 unspecified atom stereocenters. The number of halogens is 1. The van der Waals surface area contributed by atoms with Gasteiger partial charge in [-0.3, -0.25) is 4.79 Å². The Kier molecular flexibility index (Phi) is 5.11. The van der Waals surface area contributed by atoms with Gasteiger partial charge in [0, 0.05) is 10.5 Å². The van der Waals surface area contributed by atoms with Crippen molar-refractivity contribution in [3.63, 3.8) is 0 Å². The van der Waals surface area contributed by atoms with E-state index in [9.17, 15) is 13.2 Å². The number of carbonyl (C=O) groups is 1. The van der Waals surface area contributed by atoms with Gasteiger partial charge in [-0.05, 0) is 38.5 Å². The number of carboxylic acid groups (broad SMARTS) is 1. The smallest absolute Gasteiger partial charge is 0.318 e. The minimum absolute atomic E-state index is 0.122. The van der Waals surface area contributed by atoms with E-state index in [1.54, 1.807) is 32.9 Å². The molecule has 0 spiro atoms. The first-order chi connectivity index (χ1) is 8.66. The monoisotopic (exact) mass is 349 g/mol. The van der Waals surface area contributed by atoms with E-state index in [2.05, 4.69) is 15.9 Å². The number of hydrogen-bond acceptors (Lipinski definition) is 3. The van der Waals surface area contributed by atoms with E-state index in [1.165, 1.54) is 6.07 Å². The van der Waals surface area contributed by atoms with Gasteiger partial charge in [0.05, 0.1) is 4.90 Å². The molecule has 0 aliphatic rings. The lowest BCUT2D eigenvalue weighted by molar-refractivity contribution is -0.137. The quantitative estimate of drug-likeness (QED) is 0.884. The molecule has 1 N–H and O–H groups in total. The Morgan fingerprint density at radius 3 is 2.47 bits per heavy atom. The average Bonchev–Trinajstić information content (AvgIpc) is 2.28. The molecular formula is C12H16BrNO4S. The van der Waals surface area contributed by atoms with Crippen molar-refractivity contribution in [2.24, 2.45) is 0 Å². The fraction of sp³-hybridized carbons (Fsp3) is 0.417. The molecule has 1 aromatic carbocycles. The van der Waals surface area contributed by atoms with Crippen molar-refractivity contribution in [1.82, 2.24) is 4.31 Å². The predicted molar refractivity (Wildman–Crippen MR) is 75.5 cm³/mol. The summed E-state index contributed by atoms with van der Waals surface area (Å²) in [6.45, 7) is 4.42. The molecule has 0 aliphatic carbocycles. The van der Waals surface area contributed by atoms with Crippen molar-refractivity contribution >= 4 is 31.9 Å². The third kappa shape index (κ3) is 3.77. The Balaban J connectivity index is 3.34. The van der Waals surface area contributed by atoms with Crippen LogP contribution in [0.25, 0.3) is 0 Å². The van der Waals surface area contributed by atoms with Crippen molar-refractivity contribution in [2.75, 3.05) is 6.54 Å². The summed E-state index contributed by atoms with van der Waals surface area (Å²) < 4.78 is 26.7. The Labute approximate surface area is 121 Å². The summed E-state index contributed by atoms with van der Waals surface area (Å²) in [5, 5.41) is 8.85. The predicted octanol–water partition coefficient (Wildman–Crippen LogP) is 2.24. The highest BCUT2D eigenvalue weighted by Crippen LogP contribution is 2.25. The van der Waals surface area contributed by atoms with E-state index < -0.39 is 28.6 Å². The van der Waals surface area contributed by atoms with Crippen LogP contribution in [0, 0.1) is 6.92 Å². The minimum Gasteiger partial charge on any atom is -0.480 e. The number of aliphatic carboxylic acids is 1. The Hall–Kier alpha value is -0.920. The van der Waals surface area contributed by atoms with Crippen LogP contribution >= 0.6 is 15.9 Å². The first kappa shape index (κ1) is 16.1. The molecule has 0 aliphatic heterocycles. The van der Waals surface area contributed by atoms with E-state index >= 15 is 0 Å². The van der Waals surface area contributed by atoms with E-state index in [-0.39, 0.29) is 4.90 Å². The number of hydrogen-bond donors (Lipinski definition) is 1. The van der Waals surface area contributed by atoms with E-state index in [0.29, 0.717) is 10.0 Å². The van der Waals surface area contributed by atoms with Gasteiger partial charge in [-0.1, -0.05) is 22.0 Å². The Morgan fingerprint density at radius 1 is 1.42 bits per heavy atom. The lowest BCUT2D eigenvalue weighted by Crippen LogP contribution is -2.40. The highest BCUT2D eigenvalue weighted by atomic mass is 79.9. The van der Waals surface area contributed by atoms with Gasteiger partial charge in [0.25, 0.3) is 0 Å². The van der Waals surface area contributed by atoms with Crippen molar-refractivity contribution in [1.29, 1.82) is 0 Å². The van der Waals surface area contributed by atoms with Gasteiger partial charge in [-0.15, -0.1) is 0 Å². The lowest BCUT2D eigenvalue weighted by atomic mass is 10.2. The van der Waals surface area contributed by atoms with Crippen LogP contribution in [0.5, 0.6) is 0 Å². The topological polar surface area (TPSA) is 74.7 Å². The van der Waals surface area contributed by atoms with Crippen LogP contribution in [-0.4, -0.2) is 36.4 Å². The average molecular weight is 350 g/mol. The molecule has 0 heterocycles. The molecule has 7 heteroatoms. The molecule has 0 amide bonds. The first-order valence-electron chi connectivity index (χ1n) is 5.66. The lowest BCUT2D eigenvalue weighted by Gasteiger charge is -2.25. The first-order valence-corrected chi connectivity index (χ1v) is 7.89. The van der Waals surface area contributed by atoms with E-state index in [0.717, 1.165) is 4.31 Å². The van der Waals surface area contributed by atoms with Gasteiger partial charge >= 0.3 is 5.97 Å². The molecule has 0 bridgehead atoms. The second kappa shape index (κ2) is 6.02. The maximum absolute atomic E-state index is 12.5. The van der Waals surface area contributed by atoms with Crippen LogP contribution in [0.3, 0.4) is 0 Å². The van der Waals surface area contributed by atoms with Crippen molar-refractivity contribution in [2.45, 2.75) is 31.7 Å². The SMILES string of the molecule is Cc1ccc(Br)cc1S(=O)(=O)N(CC(=O)O)C(C)C. The summed E-state index contributed by atoms with van der Waals surface area (Å²) >= 11 is 3.23. The van der Waals surface area contributed by atoms with Gasteiger partial charge in [-0.2, -0.15) is 4.31 Å². The maximum atomic E-state index is 12.5. The van der Waals surface area contributed by atoms with E-state index in [1.807, 2.05) is 0 Å². The third-order valence-electron chi connectivity index (χ3n) is 2.60. The van der Waals surface area contributed by atoms with Crippen molar-refractivity contribution < 1.29 is 18.3 Å². The molecule has 0 saturated carbocycles. The van der Waals surface area contributed by atoms with Crippen molar-refractivity contribution in [3.05, 3.63) is 28.2 Å². The van der Waals surface area contributed by atoms with Crippen LogP contribution in [0.4, 0.5) is 0 Å². The molecule has 0 radical (unpaired) electrons. The Bertz CT molecular complexity index is 583. The van der Waals surface area contributed by atoms with Gasteiger partial charge in [0.2, 0.25) is 10.0 Å². The second-order valence-electron chi connectivity index (χ2n) is 4.45. The zero-order valence-electron chi connectivity index (χ0n) is 10.9. The number of benzene rings is 1. The fourth-order valence-electron chi connectivity index (χ4n) is 1.66. The summed E-state index contributed by atoms with van der Waals surface area (Å²) in [5.74, 6) is -1.18. The van der Waals surface area contributed by atoms with Gasteiger partial charge in [0.1, 0.15) is 6.54 Å². The molecule has 5 nitrogen and oxygen atoms in total. The van der Waals surface area contributed by atoms with Crippen LogP contribution in [0.1, 0.15) is 19.4 Å². The van der Waals surface area contributed by atoms with Crippen LogP contribution in [-0.2, 0) is 14.8 Å². The highest BCUT2D eigenvalue weighted by Gasteiger charge is 2.30. The standard InChI is InChI=1S/C12H16BrNO4S/c1-8(2)14(7-12(15)16)19(17,18)11-6-10(13)5-4-9(11)3/h4-6,8H,7H2,1-3H3,(H,15,16). The highest BCUT2D eigenvalue weighted by molar-refractivity contribution is 9.10. The van der Waals surface area contributed by atoms with Crippen LogP contribution in [0.2, 0.25) is 0 Å². The minimum atomic E-state index is -3.83. The molecule has 106 valence electrons. The Morgan fingerprint density at radius 2 is 2.00 bits per heavy atom. The maximum Gasteiger partial charge on any atom is 0.318 e. The number of nitrogens with zero attached hydrogens (tertiary/aromatic N) is 1.